The van der Waals surface area contributed by atoms with Crippen molar-refractivity contribution < 1.29 is 9.53 Å². The molecular formula is C18H21N5O2. The van der Waals surface area contributed by atoms with Crippen LogP contribution in [0.1, 0.15) is 24.5 Å². The molecule has 0 bridgehead atoms. The molecule has 0 aliphatic carbocycles. The van der Waals surface area contributed by atoms with Gasteiger partial charge in [0, 0.05) is 26.7 Å². The standard InChI is InChI=1S/C18H21N5O2/c1-25-11-8-20-18(24)13(12-19)16-17(23-9-4-5-10-23)22-15-7-3-2-6-14(15)21-16/h2-3,6-7,13H,4-5,8-11H2,1H3,(H,20,24)/t13-/m1/s1. The van der Waals surface area contributed by atoms with Gasteiger partial charge in [0.1, 0.15) is 5.69 Å². The fourth-order valence-corrected chi connectivity index (χ4v) is 2.98. The molecule has 1 aliphatic heterocycles. The zero-order valence-corrected chi connectivity index (χ0v) is 14.2. The third kappa shape index (κ3) is 3.69. The number of carbonyl (C=O) groups excluding carboxylic acids is 1. The molecule has 1 atom stereocenters. The van der Waals surface area contributed by atoms with Crippen molar-refractivity contribution in [3.8, 4) is 6.07 Å². The first-order valence-electron chi connectivity index (χ1n) is 8.42. The predicted molar refractivity (Wildman–Crippen MR) is 94.2 cm³/mol. The molecule has 1 fully saturated rings. The molecule has 7 nitrogen and oxygen atoms in total. The maximum absolute atomic E-state index is 12.5. The largest absolute Gasteiger partial charge is 0.383 e. The number of fused-ring (bicyclic) bond motifs is 1. The SMILES string of the molecule is COCCNC(=O)[C@H](C#N)c1nc2ccccc2nc1N1CCCC1. The van der Waals surface area contributed by atoms with Gasteiger partial charge in [-0.1, -0.05) is 12.1 Å². The summed E-state index contributed by atoms with van der Waals surface area (Å²) in [7, 11) is 1.56. The number of hydrogen-bond acceptors (Lipinski definition) is 6. The molecule has 1 amide bonds. The van der Waals surface area contributed by atoms with Crippen LogP contribution in [0.15, 0.2) is 24.3 Å². The highest BCUT2D eigenvalue weighted by Crippen LogP contribution is 2.29. The number of nitrogens with one attached hydrogen (secondary N) is 1. The van der Waals surface area contributed by atoms with Crippen LogP contribution in [-0.4, -0.2) is 49.2 Å². The Morgan fingerprint density at radius 3 is 2.64 bits per heavy atom. The van der Waals surface area contributed by atoms with Gasteiger partial charge in [0.15, 0.2) is 11.7 Å². The van der Waals surface area contributed by atoms with Crippen LogP contribution >= 0.6 is 0 Å². The number of methoxy groups -OCH3 is 1. The molecule has 0 saturated carbocycles. The van der Waals surface area contributed by atoms with Gasteiger partial charge in [-0.2, -0.15) is 5.26 Å². The molecule has 3 rings (SSSR count). The second kappa shape index (κ2) is 7.90. The van der Waals surface area contributed by atoms with Crippen molar-refractivity contribution in [3.63, 3.8) is 0 Å². The second-order valence-corrected chi connectivity index (χ2v) is 5.96. The van der Waals surface area contributed by atoms with Crippen molar-refractivity contribution in [2.45, 2.75) is 18.8 Å². The molecule has 130 valence electrons. The minimum absolute atomic E-state index is 0.355. The third-order valence-electron chi connectivity index (χ3n) is 4.25. The molecule has 7 heteroatoms. The zero-order valence-electron chi connectivity index (χ0n) is 14.2. The van der Waals surface area contributed by atoms with Gasteiger partial charge in [0.2, 0.25) is 5.91 Å². The number of ether oxygens (including phenoxy) is 1. The number of nitriles is 1. The van der Waals surface area contributed by atoms with Gasteiger partial charge in [-0.05, 0) is 25.0 Å². The lowest BCUT2D eigenvalue weighted by molar-refractivity contribution is -0.121. The maximum atomic E-state index is 12.5. The normalized spacial score (nSPS) is 15.1. The molecule has 1 aromatic carbocycles. The lowest BCUT2D eigenvalue weighted by Gasteiger charge is -2.21. The summed E-state index contributed by atoms with van der Waals surface area (Å²) in [4.78, 5) is 23.9. The van der Waals surface area contributed by atoms with Gasteiger partial charge >= 0.3 is 0 Å². The van der Waals surface area contributed by atoms with Gasteiger partial charge in [0.05, 0.1) is 23.7 Å². The van der Waals surface area contributed by atoms with Crippen molar-refractivity contribution in [2.75, 3.05) is 38.3 Å². The number of aromatic nitrogens is 2. The minimum Gasteiger partial charge on any atom is -0.383 e. The number of benzene rings is 1. The highest BCUT2D eigenvalue weighted by Gasteiger charge is 2.29. The summed E-state index contributed by atoms with van der Waals surface area (Å²) < 4.78 is 4.94. The van der Waals surface area contributed by atoms with Crippen LogP contribution in [0.5, 0.6) is 0 Å². The molecule has 0 unspecified atom stereocenters. The average molecular weight is 339 g/mol. The summed E-state index contributed by atoms with van der Waals surface area (Å²) >= 11 is 0. The Morgan fingerprint density at radius 2 is 2.00 bits per heavy atom. The summed E-state index contributed by atoms with van der Waals surface area (Å²) in [5.74, 6) is -0.723. The Morgan fingerprint density at radius 1 is 1.32 bits per heavy atom. The van der Waals surface area contributed by atoms with E-state index in [1.54, 1.807) is 7.11 Å². The van der Waals surface area contributed by atoms with Gasteiger partial charge in [0.25, 0.3) is 0 Å². The summed E-state index contributed by atoms with van der Waals surface area (Å²) in [6, 6.07) is 9.61. The van der Waals surface area contributed by atoms with Crippen LogP contribution in [-0.2, 0) is 9.53 Å². The summed E-state index contributed by atoms with van der Waals surface area (Å²) in [6.45, 7) is 2.48. The number of rotatable bonds is 6. The van der Waals surface area contributed by atoms with E-state index in [1.165, 1.54) is 0 Å². The van der Waals surface area contributed by atoms with Crippen LogP contribution in [0.4, 0.5) is 5.82 Å². The Bertz CT molecular complexity index is 796. The Balaban J connectivity index is 2.00. The first-order chi connectivity index (χ1) is 12.2. The topological polar surface area (TPSA) is 91.1 Å². The maximum Gasteiger partial charge on any atom is 0.243 e. The van der Waals surface area contributed by atoms with E-state index in [2.05, 4.69) is 21.3 Å². The van der Waals surface area contributed by atoms with Crippen LogP contribution in [0, 0.1) is 11.3 Å². The van der Waals surface area contributed by atoms with E-state index in [-0.39, 0.29) is 5.91 Å². The van der Waals surface area contributed by atoms with Gasteiger partial charge in [-0.25, -0.2) is 9.97 Å². The quantitative estimate of drug-likeness (QED) is 0.804. The first-order valence-corrected chi connectivity index (χ1v) is 8.42. The van der Waals surface area contributed by atoms with Gasteiger partial charge < -0.3 is 15.0 Å². The molecule has 1 aromatic heterocycles. The van der Waals surface area contributed by atoms with Crippen molar-refractivity contribution in [1.82, 2.24) is 15.3 Å². The van der Waals surface area contributed by atoms with Crippen molar-refractivity contribution in [3.05, 3.63) is 30.0 Å². The summed E-state index contributed by atoms with van der Waals surface area (Å²) in [5.41, 5.74) is 1.88. The van der Waals surface area contributed by atoms with Gasteiger partial charge in [-0.15, -0.1) is 0 Å². The van der Waals surface area contributed by atoms with E-state index in [1.807, 2.05) is 24.3 Å². The highest BCUT2D eigenvalue weighted by molar-refractivity contribution is 5.88. The smallest absolute Gasteiger partial charge is 0.243 e. The average Bonchev–Trinajstić information content (AvgIpc) is 3.16. The molecule has 1 N–H and O–H groups in total. The lowest BCUT2D eigenvalue weighted by atomic mass is 10.0. The van der Waals surface area contributed by atoms with Crippen LogP contribution in [0.2, 0.25) is 0 Å². The molecule has 25 heavy (non-hydrogen) atoms. The fraction of sp³-hybridized carbons (Fsp3) is 0.444. The van der Waals surface area contributed by atoms with Crippen LogP contribution in [0.3, 0.4) is 0 Å². The molecule has 1 saturated heterocycles. The lowest BCUT2D eigenvalue weighted by Crippen LogP contribution is -2.33. The van der Waals surface area contributed by atoms with E-state index in [4.69, 9.17) is 9.72 Å². The van der Waals surface area contributed by atoms with Crippen molar-refractivity contribution in [1.29, 1.82) is 5.26 Å². The molecular weight excluding hydrogens is 318 g/mol. The number of hydrogen-bond donors (Lipinski definition) is 1. The first kappa shape index (κ1) is 17.1. The fourth-order valence-electron chi connectivity index (χ4n) is 2.98. The van der Waals surface area contributed by atoms with Crippen molar-refractivity contribution >= 4 is 22.8 Å². The zero-order chi connectivity index (χ0) is 17.6. The molecule has 0 radical (unpaired) electrons. The van der Waals surface area contributed by atoms with E-state index >= 15 is 0 Å². The van der Waals surface area contributed by atoms with Crippen LogP contribution in [0.25, 0.3) is 11.0 Å². The van der Waals surface area contributed by atoms with E-state index in [9.17, 15) is 10.1 Å². The second-order valence-electron chi connectivity index (χ2n) is 5.96. The Hall–Kier alpha value is -2.72. The molecule has 0 spiro atoms. The molecule has 2 aromatic rings. The summed E-state index contributed by atoms with van der Waals surface area (Å²) in [5, 5.41) is 12.3. The van der Waals surface area contributed by atoms with E-state index in [0.29, 0.717) is 30.2 Å². The van der Waals surface area contributed by atoms with Crippen LogP contribution < -0.4 is 10.2 Å². The molecule has 1 aliphatic rings. The molecule has 2 heterocycles. The minimum atomic E-state index is -0.996. The Kier molecular flexibility index (Phi) is 5.41. The third-order valence-corrected chi connectivity index (χ3v) is 4.25. The number of anilines is 1. The Labute approximate surface area is 146 Å². The van der Waals surface area contributed by atoms with E-state index < -0.39 is 5.92 Å². The predicted octanol–water partition coefficient (Wildman–Crippen LogP) is 1.60. The monoisotopic (exact) mass is 339 g/mol. The summed E-state index contributed by atoms with van der Waals surface area (Å²) in [6.07, 6.45) is 2.15. The number of nitrogens with zero attached hydrogens (tertiary/aromatic N) is 4. The number of para-hydroxylation sites is 2. The van der Waals surface area contributed by atoms with E-state index in [0.717, 1.165) is 31.4 Å². The van der Waals surface area contributed by atoms with Crippen molar-refractivity contribution in [2.24, 2.45) is 0 Å². The van der Waals surface area contributed by atoms with Gasteiger partial charge in [-0.3, -0.25) is 4.79 Å². The number of amides is 1. The number of carbonyl (C=O) groups is 1. The highest BCUT2D eigenvalue weighted by atomic mass is 16.5.